The lowest BCUT2D eigenvalue weighted by atomic mass is 10.0. The van der Waals surface area contributed by atoms with E-state index in [1.807, 2.05) is 32.9 Å². The molecule has 0 saturated carbocycles. The van der Waals surface area contributed by atoms with E-state index in [2.05, 4.69) is 5.32 Å². The molecule has 208 valence electrons. The van der Waals surface area contributed by atoms with Crippen molar-refractivity contribution in [1.29, 1.82) is 0 Å². The normalized spacial score (nSPS) is 12.2. The van der Waals surface area contributed by atoms with Crippen molar-refractivity contribution in [2.75, 3.05) is 17.9 Å². The van der Waals surface area contributed by atoms with Crippen molar-refractivity contribution < 1.29 is 18.0 Å². The number of carbonyl (C=O) groups excluding carboxylic acids is 2. The van der Waals surface area contributed by atoms with Crippen molar-refractivity contribution in [3.63, 3.8) is 0 Å². The van der Waals surface area contributed by atoms with Crippen LogP contribution >= 0.6 is 23.2 Å². The van der Waals surface area contributed by atoms with Gasteiger partial charge in [0, 0.05) is 29.2 Å². The largest absolute Gasteiger partial charge is 0.357 e. The van der Waals surface area contributed by atoms with Crippen LogP contribution in [0.1, 0.15) is 43.4 Å². The van der Waals surface area contributed by atoms with Gasteiger partial charge in [-0.2, -0.15) is 0 Å². The van der Waals surface area contributed by atoms with E-state index in [1.54, 1.807) is 49.4 Å². The molecule has 0 radical (unpaired) electrons. The average molecular weight is 591 g/mol. The van der Waals surface area contributed by atoms with Crippen LogP contribution in [0.3, 0.4) is 0 Å². The molecule has 0 fully saturated rings. The second kappa shape index (κ2) is 12.9. The first-order chi connectivity index (χ1) is 18.4. The molecule has 2 amide bonds. The monoisotopic (exact) mass is 589 g/mol. The first kappa shape index (κ1) is 30.5. The van der Waals surface area contributed by atoms with Gasteiger partial charge in [0.1, 0.15) is 12.6 Å². The Morgan fingerprint density at radius 3 is 1.97 bits per heavy atom. The Hall–Kier alpha value is -3.07. The Morgan fingerprint density at radius 2 is 1.46 bits per heavy atom. The predicted octanol–water partition coefficient (Wildman–Crippen LogP) is 5.78. The zero-order valence-corrected chi connectivity index (χ0v) is 24.9. The smallest absolute Gasteiger partial charge is 0.264 e. The Labute approximate surface area is 240 Å². The van der Waals surface area contributed by atoms with Gasteiger partial charge in [0.25, 0.3) is 10.0 Å². The summed E-state index contributed by atoms with van der Waals surface area (Å²) in [6, 6.07) is 17.5. The van der Waals surface area contributed by atoms with Crippen LogP contribution in [0.4, 0.5) is 5.69 Å². The fourth-order valence-corrected chi connectivity index (χ4v) is 5.97. The highest BCUT2D eigenvalue weighted by molar-refractivity contribution is 7.92. The zero-order valence-electron chi connectivity index (χ0n) is 22.6. The topological polar surface area (TPSA) is 86.8 Å². The molecule has 0 aromatic heterocycles. The molecule has 0 spiro atoms. The van der Waals surface area contributed by atoms with E-state index in [1.165, 1.54) is 24.1 Å². The fraction of sp³-hybridized carbons (Fsp3) is 0.310. The molecule has 1 atom stereocenters. The van der Waals surface area contributed by atoms with E-state index < -0.39 is 34.4 Å². The number of rotatable bonds is 10. The minimum Gasteiger partial charge on any atom is -0.357 e. The number of benzene rings is 3. The van der Waals surface area contributed by atoms with Gasteiger partial charge >= 0.3 is 0 Å². The molecular formula is C29H33Cl2N3O4S. The van der Waals surface area contributed by atoms with Crippen molar-refractivity contribution in [1.82, 2.24) is 10.2 Å². The number of amides is 2. The number of nitrogens with one attached hydrogen (secondary N) is 1. The number of nitrogens with zero attached hydrogens (tertiary/aromatic N) is 2. The first-order valence-electron chi connectivity index (χ1n) is 12.5. The van der Waals surface area contributed by atoms with Crippen LogP contribution in [0.15, 0.2) is 71.6 Å². The maximum absolute atomic E-state index is 13.9. The van der Waals surface area contributed by atoms with Crippen molar-refractivity contribution in [2.24, 2.45) is 0 Å². The van der Waals surface area contributed by atoms with Gasteiger partial charge in [-0.1, -0.05) is 72.9 Å². The summed E-state index contributed by atoms with van der Waals surface area (Å²) in [7, 11) is -2.67. The van der Waals surface area contributed by atoms with Crippen LogP contribution in [0.25, 0.3) is 0 Å². The highest BCUT2D eigenvalue weighted by atomic mass is 35.5. The molecule has 3 aromatic rings. The summed E-state index contributed by atoms with van der Waals surface area (Å²) in [5.41, 5.74) is 2.72. The van der Waals surface area contributed by atoms with Crippen LogP contribution in [-0.4, -0.2) is 44.8 Å². The lowest BCUT2D eigenvalue weighted by molar-refractivity contribution is -0.139. The molecule has 0 unspecified atom stereocenters. The molecule has 3 rings (SSSR count). The number of hydrogen-bond acceptors (Lipinski definition) is 4. The van der Waals surface area contributed by atoms with E-state index in [4.69, 9.17) is 23.2 Å². The van der Waals surface area contributed by atoms with Gasteiger partial charge in [0.15, 0.2) is 0 Å². The molecule has 7 nitrogen and oxygen atoms in total. The number of halogens is 2. The number of hydrogen-bond donors (Lipinski definition) is 1. The molecule has 0 saturated heterocycles. The third-order valence-electron chi connectivity index (χ3n) is 6.54. The highest BCUT2D eigenvalue weighted by Crippen LogP contribution is 2.29. The van der Waals surface area contributed by atoms with Gasteiger partial charge < -0.3 is 10.2 Å². The quantitative estimate of drug-likeness (QED) is 0.324. The Kier molecular flexibility index (Phi) is 10.0. The van der Waals surface area contributed by atoms with Gasteiger partial charge in [0.2, 0.25) is 11.8 Å². The second-order valence-electron chi connectivity index (χ2n) is 9.58. The Balaban J connectivity index is 2.08. The van der Waals surface area contributed by atoms with Gasteiger partial charge in [0.05, 0.1) is 10.6 Å². The number of likely N-dealkylation sites (N-methyl/N-ethyl adjacent to an activating group) is 1. The molecule has 0 heterocycles. The Bertz CT molecular complexity index is 1410. The standard InChI is InChI=1S/C29H33Cl2N3O4S/c1-19(2)22-11-13-23(14-12-22)34(39(37,38)24-15-9-20(3)10-16-24)18-28(35)33(21(4)29(36)32-5)17-25-26(30)7-6-8-27(25)31/h6-16,19,21H,17-18H2,1-5H3,(H,32,36)/t21-/m1/s1. The van der Waals surface area contributed by atoms with E-state index in [0.29, 0.717) is 21.3 Å². The summed E-state index contributed by atoms with van der Waals surface area (Å²) in [6.07, 6.45) is 0. The summed E-state index contributed by atoms with van der Waals surface area (Å²) in [5, 5.41) is 3.21. The van der Waals surface area contributed by atoms with Crippen LogP contribution in [0, 0.1) is 6.92 Å². The van der Waals surface area contributed by atoms with E-state index in [9.17, 15) is 18.0 Å². The average Bonchev–Trinajstić information content (AvgIpc) is 2.90. The number of sulfonamides is 1. The third kappa shape index (κ3) is 7.12. The summed E-state index contributed by atoms with van der Waals surface area (Å²) < 4.78 is 28.8. The van der Waals surface area contributed by atoms with Gasteiger partial charge in [-0.3, -0.25) is 13.9 Å². The van der Waals surface area contributed by atoms with Crippen LogP contribution in [-0.2, 0) is 26.2 Å². The number of carbonyl (C=O) groups is 2. The molecule has 10 heteroatoms. The first-order valence-corrected chi connectivity index (χ1v) is 14.7. The molecular weight excluding hydrogens is 557 g/mol. The molecule has 1 N–H and O–H groups in total. The van der Waals surface area contributed by atoms with E-state index in [0.717, 1.165) is 15.4 Å². The summed E-state index contributed by atoms with van der Waals surface area (Å²) in [6.45, 7) is 6.88. The Morgan fingerprint density at radius 1 is 0.897 bits per heavy atom. The van der Waals surface area contributed by atoms with Crippen LogP contribution in [0.5, 0.6) is 0 Å². The van der Waals surface area contributed by atoms with Crippen molar-refractivity contribution in [3.8, 4) is 0 Å². The number of anilines is 1. The highest BCUT2D eigenvalue weighted by Gasteiger charge is 2.33. The fourth-order valence-electron chi connectivity index (χ4n) is 4.04. The van der Waals surface area contributed by atoms with Crippen molar-refractivity contribution in [2.45, 2.75) is 51.1 Å². The van der Waals surface area contributed by atoms with Crippen molar-refractivity contribution >= 4 is 50.7 Å². The third-order valence-corrected chi connectivity index (χ3v) is 9.04. The van der Waals surface area contributed by atoms with Crippen LogP contribution in [0.2, 0.25) is 10.0 Å². The minimum atomic E-state index is -4.14. The maximum atomic E-state index is 13.9. The van der Waals surface area contributed by atoms with Gasteiger partial charge in [-0.05, 0) is 61.7 Å². The summed E-state index contributed by atoms with van der Waals surface area (Å²) in [4.78, 5) is 27.8. The SMILES string of the molecule is CNC(=O)[C@@H](C)N(Cc1c(Cl)cccc1Cl)C(=O)CN(c1ccc(C(C)C)cc1)S(=O)(=O)c1ccc(C)cc1. The molecule has 39 heavy (non-hydrogen) atoms. The van der Waals surface area contributed by atoms with Gasteiger partial charge in [-0.25, -0.2) is 8.42 Å². The lowest BCUT2D eigenvalue weighted by Gasteiger charge is -2.32. The second-order valence-corrected chi connectivity index (χ2v) is 12.3. The minimum absolute atomic E-state index is 0.0499. The lowest BCUT2D eigenvalue weighted by Crippen LogP contribution is -2.50. The number of aryl methyl sites for hydroxylation is 1. The molecule has 0 aliphatic heterocycles. The molecule has 0 aliphatic carbocycles. The molecule has 0 aliphatic rings. The predicted molar refractivity (Wildman–Crippen MR) is 157 cm³/mol. The van der Waals surface area contributed by atoms with E-state index in [-0.39, 0.29) is 17.4 Å². The molecule has 3 aromatic carbocycles. The van der Waals surface area contributed by atoms with E-state index >= 15 is 0 Å². The maximum Gasteiger partial charge on any atom is 0.264 e. The summed E-state index contributed by atoms with van der Waals surface area (Å²) in [5.74, 6) is -0.765. The zero-order chi connectivity index (χ0) is 28.9. The van der Waals surface area contributed by atoms with Crippen molar-refractivity contribution in [3.05, 3.63) is 93.5 Å². The summed E-state index contributed by atoms with van der Waals surface area (Å²) >= 11 is 12.7. The molecule has 0 bridgehead atoms. The van der Waals surface area contributed by atoms with Crippen LogP contribution < -0.4 is 9.62 Å². The van der Waals surface area contributed by atoms with Gasteiger partial charge in [-0.15, -0.1) is 0 Å².